The molecule has 0 heterocycles. The van der Waals surface area contributed by atoms with Crippen molar-refractivity contribution in [3.05, 3.63) is 75.8 Å². The Bertz CT molecular complexity index is 670. The van der Waals surface area contributed by atoms with Crippen molar-refractivity contribution < 1.29 is 14.8 Å². The van der Waals surface area contributed by atoms with Crippen LogP contribution in [0.5, 0.6) is 5.75 Å². The molecule has 0 amide bonds. The second-order valence-corrected chi connectivity index (χ2v) is 5.55. The zero-order chi connectivity index (χ0) is 16.7. The molecule has 0 spiro atoms. The fourth-order valence-electron chi connectivity index (χ4n) is 2.60. The van der Waals surface area contributed by atoms with Crippen LogP contribution in [0, 0.1) is 16.0 Å². The molecule has 0 aliphatic rings. The van der Waals surface area contributed by atoms with Crippen LogP contribution in [0.4, 0.5) is 0 Å². The molecule has 2 aromatic rings. The van der Waals surface area contributed by atoms with Crippen molar-refractivity contribution in [2.75, 3.05) is 6.54 Å². The van der Waals surface area contributed by atoms with Crippen LogP contribution >= 0.6 is 0 Å². The first-order valence-electron chi connectivity index (χ1n) is 7.53. The summed E-state index contributed by atoms with van der Waals surface area (Å²) >= 11 is 0. The van der Waals surface area contributed by atoms with E-state index in [1.54, 1.807) is 18.2 Å². The number of para-hydroxylation sites is 1. The van der Waals surface area contributed by atoms with E-state index in [0.29, 0.717) is 12.8 Å². The molecule has 0 bridgehead atoms. The van der Waals surface area contributed by atoms with Gasteiger partial charge in [-0.3, -0.25) is 14.9 Å². The summed E-state index contributed by atoms with van der Waals surface area (Å²) < 4.78 is 0. The van der Waals surface area contributed by atoms with Crippen molar-refractivity contribution in [1.29, 1.82) is 0 Å². The number of nitro groups is 1. The molecule has 0 aliphatic carbocycles. The van der Waals surface area contributed by atoms with E-state index in [-0.39, 0.29) is 40.9 Å². The molecule has 0 saturated carbocycles. The molecular weight excluding hydrogens is 294 g/mol. The van der Waals surface area contributed by atoms with Crippen LogP contribution in [-0.4, -0.2) is 22.4 Å². The van der Waals surface area contributed by atoms with Gasteiger partial charge in [-0.15, -0.1) is 0 Å². The molecular formula is C18H19NO4. The predicted molar refractivity (Wildman–Crippen MR) is 87.2 cm³/mol. The summed E-state index contributed by atoms with van der Waals surface area (Å²) in [5, 5.41) is 20.5. The van der Waals surface area contributed by atoms with Crippen LogP contribution in [0.3, 0.4) is 0 Å². The Hall–Kier alpha value is -2.69. The van der Waals surface area contributed by atoms with E-state index in [1.807, 2.05) is 30.3 Å². The number of benzene rings is 2. The Labute approximate surface area is 134 Å². The van der Waals surface area contributed by atoms with E-state index in [2.05, 4.69) is 0 Å². The smallest absolute Gasteiger partial charge is 0.207 e. The average Bonchev–Trinajstić information content (AvgIpc) is 2.53. The molecule has 1 unspecified atom stereocenters. The molecule has 23 heavy (non-hydrogen) atoms. The number of phenolic OH excluding ortho intramolecular Hbond substituents is 1. The van der Waals surface area contributed by atoms with Crippen molar-refractivity contribution in [3.63, 3.8) is 0 Å². The maximum Gasteiger partial charge on any atom is 0.207 e. The van der Waals surface area contributed by atoms with Crippen molar-refractivity contribution in [2.45, 2.75) is 19.3 Å². The quantitative estimate of drug-likeness (QED) is 0.459. The number of ketones is 1. The van der Waals surface area contributed by atoms with Gasteiger partial charge < -0.3 is 5.11 Å². The van der Waals surface area contributed by atoms with E-state index in [1.165, 1.54) is 6.07 Å². The van der Waals surface area contributed by atoms with E-state index in [4.69, 9.17) is 0 Å². The molecule has 0 saturated heterocycles. The first kappa shape index (κ1) is 16.7. The van der Waals surface area contributed by atoms with Crippen molar-refractivity contribution in [1.82, 2.24) is 0 Å². The predicted octanol–water partition coefficient (Wildman–Crippen LogP) is 3.49. The average molecular weight is 313 g/mol. The number of Topliss-reactive ketones (excluding diaryl/α,β-unsaturated/α-hetero) is 1. The van der Waals surface area contributed by atoms with Gasteiger partial charge in [-0.25, -0.2) is 0 Å². The number of aromatic hydroxyl groups is 1. The Kier molecular flexibility index (Phi) is 5.86. The summed E-state index contributed by atoms with van der Waals surface area (Å²) in [6.45, 7) is -0.164. The number of rotatable bonds is 8. The van der Waals surface area contributed by atoms with Gasteiger partial charge in [0.25, 0.3) is 0 Å². The number of phenols is 1. The lowest BCUT2D eigenvalue weighted by molar-refractivity contribution is -0.488. The summed E-state index contributed by atoms with van der Waals surface area (Å²) in [7, 11) is 0. The van der Waals surface area contributed by atoms with E-state index in [0.717, 1.165) is 5.56 Å². The highest BCUT2D eigenvalue weighted by atomic mass is 16.6. The van der Waals surface area contributed by atoms with Crippen LogP contribution in [0.2, 0.25) is 0 Å². The minimum Gasteiger partial charge on any atom is -0.507 e. The lowest BCUT2D eigenvalue weighted by Gasteiger charge is -2.13. The molecule has 5 heteroatoms. The topological polar surface area (TPSA) is 80.4 Å². The fourth-order valence-corrected chi connectivity index (χ4v) is 2.60. The summed E-state index contributed by atoms with van der Waals surface area (Å²) in [6.07, 6.45) is 1.17. The second kappa shape index (κ2) is 8.08. The van der Waals surface area contributed by atoms with Gasteiger partial charge in [-0.1, -0.05) is 42.5 Å². The Morgan fingerprint density at radius 2 is 1.74 bits per heavy atom. The number of carbonyl (C=O) groups is 1. The normalized spacial score (nSPS) is 11.8. The van der Waals surface area contributed by atoms with Gasteiger partial charge >= 0.3 is 0 Å². The lowest BCUT2D eigenvalue weighted by atomic mass is 9.92. The highest BCUT2D eigenvalue weighted by Crippen LogP contribution is 2.21. The Morgan fingerprint density at radius 3 is 2.39 bits per heavy atom. The highest BCUT2D eigenvalue weighted by molar-refractivity contribution is 5.98. The van der Waals surface area contributed by atoms with Crippen LogP contribution in [0.25, 0.3) is 0 Å². The van der Waals surface area contributed by atoms with E-state index >= 15 is 0 Å². The summed E-state index contributed by atoms with van der Waals surface area (Å²) in [5.41, 5.74) is 1.29. The van der Waals surface area contributed by atoms with Gasteiger partial charge in [0, 0.05) is 17.3 Å². The third-order valence-electron chi connectivity index (χ3n) is 3.76. The van der Waals surface area contributed by atoms with Crippen LogP contribution in [-0.2, 0) is 6.42 Å². The molecule has 120 valence electrons. The van der Waals surface area contributed by atoms with Crippen LogP contribution in [0.15, 0.2) is 54.6 Å². The summed E-state index contributed by atoms with van der Waals surface area (Å²) in [6, 6.07) is 15.9. The molecule has 1 N–H and O–H groups in total. The standard InChI is InChI=1S/C18H19NO4/c20-17-9-5-4-8-16(17)18(21)11-10-15(13-19(22)23)12-14-6-2-1-3-7-14/h1-9,15,20H,10-13H2. The van der Waals surface area contributed by atoms with Crippen molar-refractivity contribution in [3.8, 4) is 5.75 Å². The first-order chi connectivity index (χ1) is 11.1. The van der Waals surface area contributed by atoms with Gasteiger partial charge in [0.15, 0.2) is 5.78 Å². The highest BCUT2D eigenvalue weighted by Gasteiger charge is 2.19. The lowest BCUT2D eigenvalue weighted by Crippen LogP contribution is -2.18. The molecule has 1 atom stereocenters. The second-order valence-electron chi connectivity index (χ2n) is 5.55. The van der Waals surface area contributed by atoms with Crippen molar-refractivity contribution in [2.24, 2.45) is 5.92 Å². The zero-order valence-corrected chi connectivity index (χ0v) is 12.7. The van der Waals surface area contributed by atoms with Crippen LogP contribution in [0.1, 0.15) is 28.8 Å². The fraction of sp³-hybridized carbons (Fsp3) is 0.278. The molecule has 0 fully saturated rings. The number of hydrogen-bond donors (Lipinski definition) is 1. The molecule has 2 rings (SSSR count). The maximum atomic E-state index is 12.2. The van der Waals surface area contributed by atoms with Gasteiger partial charge in [0.2, 0.25) is 6.54 Å². The maximum absolute atomic E-state index is 12.2. The van der Waals surface area contributed by atoms with Crippen molar-refractivity contribution >= 4 is 5.78 Å². The van der Waals surface area contributed by atoms with Gasteiger partial charge in [0.1, 0.15) is 5.75 Å². The molecule has 5 nitrogen and oxygen atoms in total. The SMILES string of the molecule is O=C(CCC(Cc1ccccc1)C[N+](=O)[O-])c1ccccc1O. The minimum atomic E-state index is -0.335. The number of carbonyl (C=O) groups excluding carboxylic acids is 1. The molecule has 0 aliphatic heterocycles. The largest absolute Gasteiger partial charge is 0.507 e. The third kappa shape index (κ3) is 5.21. The summed E-state index contributed by atoms with van der Waals surface area (Å²) in [5.74, 6) is -0.446. The van der Waals surface area contributed by atoms with Gasteiger partial charge in [-0.05, 0) is 30.5 Å². The van der Waals surface area contributed by atoms with Gasteiger partial charge in [0.05, 0.1) is 5.56 Å². The third-order valence-corrected chi connectivity index (χ3v) is 3.76. The molecule has 0 aromatic heterocycles. The first-order valence-corrected chi connectivity index (χ1v) is 7.53. The Balaban J connectivity index is 1.99. The number of hydrogen-bond acceptors (Lipinski definition) is 4. The van der Waals surface area contributed by atoms with E-state index < -0.39 is 0 Å². The zero-order valence-electron chi connectivity index (χ0n) is 12.7. The van der Waals surface area contributed by atoms with Gasteiger partial charge in [-0.2, -0.15) is 0 Å². The monoisotopic (exact) mass is 313 g/mol. The van der Waals surface area contributed by atoms with Crippen LogP contribution < -0.4 is 0 Å². The summed E-state index contributed by atoms with van der Waals surface area (Å²) in [4.78, 5) is 22.7. The minimum absolute atomic E-state index is 0.0496. The number of nitrogens with zero attached hydrogens (tertiary/aromatic N) is 1. The van der Waals surface area contributed by atoms with E-state index in [9.17, 15) is 20.0 Å². The molecule has 0 radical (unpaired) electrons. The Morgan fingerprint density at radius 1 is 1.09 bits per heavy atom. The molecule has 2 aromatic carbocycles.